The van der Waals surface area contributed by atoms with E-state index in [2.05, 4.69) is 0 Å². The van der Waals surface area contributed by atoms with Gasteiger partial charge in [-0.3, -0.25) is 9.69 Å². The summed E-state index contributed by atoms with van der Waals surface area (Å²) in [7, 11) is 0. The number of amides is 1. The Bertz CT molecular complexity index is 565. The maximum atomic E-state index is 12.2. The van der Waals surface area contributed by atoms with Gasteiger partial charge in [0.05, 0.1) is 17.6 Å². The third kappa shape index (κ3) is 2.06. The minimum atomic E-state index is -0.912. The molecule has 2 aliphatic heterocycles. The molecule has 0 spiro atoms. The van der Waals surface area contributed by atoms with Crippen LogP contribution in [0.4, 0.5) is 4.79 Å². The number of hydrogen-bond donors (Lipinski definition) is 2. The first kappa shape index (κ1) is 13.9. The molecule has 0 atom stereocenters. The van der Waals surface area contributed by atoms with Crippen LogP contribution in [0.3, 0.4) is 0 Å². The second-order valence-electron chi connectivity index (χ2n) is 5.95. The van der Waals surface area contributed by atoms with E-state index in [0.29, 0.717) is 12.8 Å². The van der Waals surface area contributed by atoms with Gasteiger partial charge in [0.1, 0.15) is 6.61 Å². The van der Waals surface area contributed by atoms with E-state index < -0.39 is 23.0 Å². The Morgan fingerprint density at radius 2 is 1.90 bits per heavy atom. The van der Waals surface area contributed by atoms with E-state index in [0.717, 1.165) is 5.56 Å². The van der Waals surface area contributed by atoms with Crippen LogP contribution in [0.2, 0.25) is 0 Å². The normalized spacial score (nSPS) is 29.9. The highest BCUT2D eigenvalue weighted by molar-refractivity contribution is 5.82. The summed E-state index contributed by atoms with van der Waals surface area (Å²) in [5.41, 5.74) is -0.802. The molecule has 6 heteroatoms. The Morgan fingerprint density at radius 1 is 1.24 bits per heavy atom. The molecular formula is C15H17NO5. The van der Waals surface area contributed by atoms with Gasteiger partial charge in [-0.15, -0.1) is 0 Å². The number of nitrogens with zero attached hydrogens (tertiary/aromatic N) is 1. The fraction of sp³-hybridized carbons (Fsp3) is 0.467. The number of rotatable bonds is 4. The van der Waals surface area contributed by atoms with Crippen LogP contribution in [0.25, 0.3) is 0 Å². The number of ether oxygens (including phenoxy) is 1. The molecule has 4 rings (SSSR count). The van der Waals surface area contributed by atoms with Gasteiger partial charge in [0, 0.05) is 6.54 Å². The van der Waals surface area contributed by atoms with Crippen molar-refractivity contribution in [3.8, 4) is 0 Å². The van der Waals surface area contributed by atoms with Crippen molar-refractivity contribution < 1.29 is 24.5 Å². The maximum Gasteiger partial charge on any atom is 0.410 e. The quantitative estimate of drug-likeness (QED) is 0.871. The summed E-state index contributed by atoms with van der Waals surface area (Å²) in [6.45, 7) is 0.0107. The molecule has 0 aromatic heterocycles. The molecular weight excluding hydrogens is 274 g/mol. The van der Waals surface area contributed by atoms with Gasteiger partial charge in [0.15, 0.2) is 0 Å². The van der Waals surface area contributed by atoms with E-state index in [4.69, 9.17) is 4.74 Å². The molecule has 1 saturated carbocycles. The molecule has 1 aromatic carbocycles. The first-order chi connectivity index (χ1) is 10.0. The first-order valence-corrected chi connectivity index (χ1v) is 6.84. The van der Waals surface area contributed by atoms with E-state index in [1.54, 1.807) is 0 Å². The number of aliphatic hydroxyl groups is 1. The molecule has 0 radical (unpaired) electrons. The molecule has 6 nitrogen and oxygen atoms in total. The van der Waals surface area contributed by atoms with Crippen molar-refractivity contribution in [2.75, 3.05) is 13.2 Å². The average Bonchev–Trinajstić information content (AvgIpc) is 2.97. The molecule has 3 fully saturated rings. The highest BCUT2D eigenvalue weighted by Gasteiger charge is 2.70. The zero-order valence-electron chi connectivity index (χ0n) is 11.5. The molecule has 1 aliphatic carbocycles. The van der Waals surface area contributed by atoms with Crippen molar-refractivity contribution in [3.05, 3.63) is 35.9 Å². The number of aliphatic hydroxyl groups excluding tert-OH is 1. The summed E-state index contributed by atoms with van der Waals surface area (Å²) >= 11 is 0. The molecule has 2 saturated heterocycles. The van der Waals surface area contributed by atoms with Crippen LogP contribution in [0.15, 0.2) is 30.3 Å². The van der Waals surface area contributed by atoms with Crippen molar-refractivity contribution >= 4 is 12.1 Å². The Morgan fingerprint density at radius 3 is 2.48 bits per heavy atom. The van der Waals surface area contributed by atoms with Gasteiger partial charge in [-0.1, -0.05) is 30.3 Å². The summed E-state index contributed by atoms with van der Waals surface area (Å²) < 4.78 is 5.24. The van der Waals surface area contributed by atoms with Crippen LogP contribution in [-0.2, 0) is 16.1 Å². The largest absolute Gasteiger partial charge is 0.481 e. The molecule has 1 amide bonds. The van der Waals surface area contributed by atoms with Gasteiger partial charge in [0.25, 0.3) is 0 Å². The highest BCUT2D eigenvalue weighted by Crippen LogP contribution is 2.59. The van der Waals surface area contributed by atoms with Gasteiger partial charge < -0.3 is 14.9 Å². The Labute approximate surface area is 121 Å². The van der Waals surface area contributed by atoms with Crippen molar-refractivity contribution in [1.29, 1.82) is 0 Å². The van der Waals surface area contributed by atoms with E-state index in [1.165, 1.54) is 4.90 Å². The summed E-state index contributed by atoms with van der Waals surface area (Å²) in [4.78, 5) is 24.9. The smallest absolute Gasteiger partial charge is 0.410 e. The van der Waals surface area contributed by atoms with Crippen LogP contribution in [0.1, 0.15) is 18.4 Å². The highest BCUT2D eigenvalue weighted by atomic mass is 16.6. The summed E-state index contributed by atoms with van der Waals surface area (Å²) in [5.74, 6) is -0.912. The standard InChI is InChI=1S/C15H17NO5/c17-10-15-7-14(8-15,12(18)19)9-16(15)13(20)21-6-11-4-2-1-3-5-11/h1-5,17H,6-10H2,(H,18,19). The van der Waals surface area contributed by atoms with Gasteiger partial charge in [-0.25, -0.2) is 4.79 Å². The number of carboxylic acids is 1. The van der Waals surface area contributed by atoms with Crippen molar-refractivity contribution in [3.63, 3.8) is 0 Å². The summed E-state index contributed by atoms with van der Waals surface area (Å²) in [5, 5.41) is 18.8. The monoisotopic (exact) mass is 291 g/mol. The second-order valence-corrected chi connectivity index (χ2v) is 5.95. The maximum absolute atomic E-state index is 12.2. The molecule has 3 aliphatic rings. The molecule has 1 aromatic rings. The molecule has 21 heavy (non-hydrogen) atoms. The predicted molar refractivity (Wildman–Crippen MR) is 72.5 cm³/mol. The number of aliphatic carboxylic acids is 1. The van der Waals surface area contributed by atoms with E-state index in [9.17, 15) is 19.8 Å². The molecule has 2 bridgehead atoms. The fourth-order valence-electron chi connectivity index (χ4n) is 3.45. The lowest BCUT2D eigenvalue weighted by Crippen LogP contribution is -2.55. The van der Waals surface area contributed by atoms with Gasteiger partial charge in [-0.2, -0.15) is 0 Å². The van der Waals surface area contributed by atoms with E-state index in [-0.39, 0.29) is 19.8 Å². The zero-order chi connectivity index (χ0) is 15.1. The molecule has 112 valence electrons. The van der Waals surface area contributed by atoms with Crippen LogP contribution in [0, 0.1) is 5.41 Å². The van der Waals surface area contributed by atoms with Crippen LogP contribution >= 0.6 is 0 Å². The van der Waals surface area contributed by atoms with Crippen LogP contribution in [0.5, 0.6) is 0 Å². The molecule has 0 unspecified atom stereocenters. The number of benzene rings is 1. The fourth-order valence-corrected chi connectivity index (χ4v) is 3.45. The first-order valence-electron chi connectivity index (χ1n) is 6.84. The minimum absolute atomic E-state index is 0.108. The summed E-state index contributed by atoms with van der Waals surface area (Å²) in [6.07, 6.45) is 0.0342. The number of fused-ring (bicyclic) bond motifs is 1. The van der Waals surface area contributed by atoms with E-state index >= 15 is 0 Å². The lowest BCUT2D eigenvalue weighted by Gasteiger charge is -2.43. The lowest BCUT2D eigenvalue weighted by molar-refractivity contribution is -0.154. The van der Waals surface area contributed by atoms with Crippen molar-refractivity contribution in [2.24, 2.45) is 5.41 Å². The Hall–Kier alpha value is -2.08. The van der Waals surface area contributed by atoms with Gasteiger partial charge in [-0.05, 0) is 18.4 Å². The SMILES string of the molecule is O=C(OCc1ccccc1)N1CC2(C(=O)O)CC1(CO)C2. The number of carboxylic acid groups (broad SMARTS) is 1. The number of hydrogen-bond acceptors (Lipinski definition) is 4. The lowest BCUT2D eigenvalue weighted by atomic mass is 9.62. The van der Waals surface area contributed by atoms with Crippen LogP contribution < -0.4 is 0 Å². The second kappa shape index (κ2) is 4.73. The third-order valence-electron chi connectivity index (χ3n) is 4.54. The van der Waals surface area contributed by atoms with Gasteiger partial charge >= 0.3 is 12.1 Å². The van der Waals surface area contributed by atoms with E-state index in [1.807, 2.05) is 30.3 Å². The molecule has 2 N–H and O–H groups in total. The molecule has 2 heterocycles. The van der Waals surface area contributed by atoms with Crippen LogP contribution in [-0.4, -0.2) is 45.9 Å². The van der Waals surface area contributed by atoms with Crippen molar-refractivity contribution in [2.45, 2.75) is 25.0 Å². The number of carbonyl (C=O) groups is 2. The topological polar surface area (TPSA) is 87.1 Å². The Kier molecular flexibility index (Phi) is 3.13. The van der Waals surface area contributed by atoms with Crippen molar-refractivity contribution in [1.82, 2.24) is 4.90 Å². The zero-order valence-corrected chi connectivity index (χ0v) is 11.5. The predicted octanol–water partition coefficient (Wildman–Crippen LogP) is 1.23. The summed E-state index contributed by atoms with van der Waals surface area (Å²) in [6, 6.07) is 9.27. The average molecular weight is 291 g/mol. The number of carbonyl (C=O) groups excluding carboxylic acids is 1. The third-order valence-corrected chi connectivity index (χ3v) is 4.54. The minimum Gasteiger partial charge on any atom is -0.481 e. The van der Waals surface area contributed by atoms with Gasteiger partial charge in [0.2, 0.25) is 0 Å². The Balaban J connectivity index is 1.67.